The van der Waals surface area contributed by atoms with Gasteiger partial charge in [-0.15, -0.1) is 12.4 Å². The summed E-state index contributed by atoms with van der Waals surface area (Å²) >= 11 is 0. The summed E-state index contributed by atoms with van der Waals surface area (Å²) in [6.45, 7) is 0.411. The van der Waals surface area contributed by atoms with Gasteiger partial charge in [0.2, 0.25) is 0 Å². The first-order chi connectivity index (χ1) is 5.64. The summed E-state index contributed by atoms with van der Waals surface area (Å²) in [5.74, 6) is -1.32. The number of esters is 1. The molecule has 8 heteroatoms. The molecule has 3 N–H and O–H groups in total. The summed E-state index contributed by atoms with van der Waals surface area (Å²) in [5, 5.41) is 8.87. The molecular weight excluding hydrogens is 227 g/mol. The highest BCUT2D eigenvalue weighted by Gasteiger charge is 2.56. The van der Waals surface area contributed by atoms with Crippen molar-refractivity contribution >= 4 is 18.4 Å². The number of ether oxygens (including phenoxy) is 1. The van der Waals surface area contributed by atoms with Crippen molar-refractivity contribution in [2.45, 2.75) is 24.7 Å². The summed E-state index contributed by atoms with van der Waals surface area (Å²) in [6, 6.07) is -2.14. The molecule has 86 valence electrons. The van der Waals surface area contributed by atoms with Crippen LogP contribution in [0.5, 0.6) is 0 Å². The van der Waals surface area contributed by atoms with E-state index in [4.69, 9.17) is 10.8 Å². The van der Waals surface area contributed by atoms with E-state index < -0.39 is 23.8 Å². The lowest BCUT2D eigenvalue weighted by atomic mass is 9.97. The van der Waals surface area contributed by atoms with Crippen LogP contribution in [0.25, 0.3) is 0 Å². The molecule has 0 aromatic carbocycles. The molecule has 0 saturated carbocycles. The minimum absolute atomic E-state index is 0. The summed E-state index contributed by atoms with van der Waals surface area (Å²) in [6.07, 6.45) is -4.97. The number of aliphatic hydroxyl groups is 1. The van der Waals surface area contributed by atoms with Gasteiger partial charge in [0.25, 0.3) is 0 Å². The summed E-state index contributed by atoms with van der Waals surface area (Å²) in [7, 11) is 0.884. The van der Waals surface area contributed by atoms with Crippen LogP contribution in [0.4, 0.5) is 13.2 Å². The Bertz CT molecular complexity index is 207. The first-order valence-electron chi connectivity index (χ1n) is 3.27. The monoisotopic (exact) mass is 237 g/mol. The molecule has 0 aromatic heterocycles. The van der Waals surface area contributed by atoms with E-state index in [0.717, 1.165) is 7.11 Å². The number of halogens is 4. The lowest BCUT2D eigenvalue weighted by molar-refractivity contribution is -0.260. The van der Waals surface area contributed by atoms with E-state index in [1.165, 1.54) is 0 Å². The number of alkyl halides is 3. The molecule has 0 heterocycles. The van der Waals surface area contributed by atoms with Gasteiger partial charge in [0, 0.05) is 0 Å². The van der Waals surface area contributed by atoms with Gasteiger partial charge in [-0.3, -0.25) is 4.79 Å². The average Bonchev–Trinajstić information content (AvgIpc) is 1.99. The van der Waals surface area contributed by atoms with Crippen molar-refractivity contribution in [3.63, 3.8) is 0 Å². The van der Waals surface area contributed by atoms with Crippen molar-refractivity contribution < 1.29 is 27.8 Å². The summed E-state index contributed by atoms with van der Waals surface area (Å²) < 4.78 is 40.1. The van der Waals surface area contributed by atoms with Gasteiger partial charge in [-0.25, -0.2) is 0 Å². The van der Waals surface area contributed by atoms with E-state index in [2.05, 4.69) is 4.74 Å². The Labute approximate surface area is 84.6 Å². The Morgan fingerprint density at radius 3 is 2.07 bits per heavy atom. The average molecular weight is 238 g/mol. The summed E-state index contributed by atoms with van der Waals surface area (Å²) in [5.41, 5.74) is 1.57. The standard InChI is InChI=1S/C6H10F3NO3.ClH/c1-5(12,6(7,8)9)3(10)4(11)13-2;/h3,12H,10H2,1-2H3;1H. The van der Waals surface area contributed by atoms with E-state index in [-0.39, 0.29) is 12.4 Å². The number of hydrogen-bond donors (Lipinski definition) is 2. The molecule has 0 rings (SSSR count). The highest BCUT2D eigenvalue weighted by Crippen LogP contribution is 2.32. The first-order valence-corrected chi connectivity index (χ1v) is 3.27. The van der Waals surface area contributed by atoms with Gasteiger partial charge in [-0.2, -0.15) is 13.2 Å². The van der Waals surface area contributed by atoms with E-state index >= 15 is 0 Å². The number of carbonyl (C=O) groups is 1. The zero-order valence-corrected chi connectivity index (χ0v) is 8.28. The van der Waals surface area contributed by atoms with Crippen molar-refractivity contribution in [2.24, 2.45) is 5.73 Å². The van der Waals surface area contributed by atoms with Crippen LogP contribution in [-0.2, 0) is 9.53 Å². The normalized spacial score (nSPS) is 17.6. The maximum atomic E-state index is 12.0. The Kier molecular flexibility index (Phi) is 5.47. The maximum Gasteiger partial charge on any atom is 0.419 e. The molecule has 0 radical (unpaired) electrons. The van der Waals surface area contributed by atoms with Gasteiger partial charge < -0.3 is 15.6 Å². The number of nitrogens with two attached hydrogens (primary N) is 1. The fourth-order valence-electron chi connectivity index (χ4n) is 0.533. The lowest BCUT2D eigenvalue weighted by Gasteiger charge is -2.29. The zero-order valence-electron chi connectivity index (χ0n) is 7.46. The molecule has 0 aliphatic carbocycles. The molecule has 0 aliphatic rings. The van der Waals surface area contributed by atoms with Gasteiger partial charge in [-0.05, 0) is 6.92 Å². The largest absolute Gasteiger partial charge is 0.468 e. The minimum Gasteiger partial charge on any atom is -0.468 e. The molecule has 0 bridgehead atoms. The van der Waals surface area contributed by atoms with Crippen molar-refractivity contribution in [3.8, 4) is 0 Å². The highest BCUT2D eigenvalue weighted by molar-refractivity contribution is 5.85. The number of carbonyl (C=O) groups excluding carboxylic acids is 1. The third-order valence-electron chi connectivity index (χ3n) is 1.63. The van der Waals surface area contributed by atoms with E-state index in [1.54, 1.807) is 0 Å². The molecule has 2 atom stereocenters. The van der Waals surface area contributed by atoms with Gasteiger partial charge in [0.05, 0.1) is 7.11 Å². The van der Waals surface area contributed by atoms with E-state index in [9.17, 15) is 18.0 Å². The Morgan fingerprint density at radius 2 is 1.86 bits per heavy atom. The van der Waals surface area contributed by atoms with Gasteiger partial charge in [0.1, 0.15) is 6.04 Å². The molecule has 0 fully saturated rings. The SMILES string of the molecule is COC(=O)C(N)C(C)(O)C(F)(F)F.Cl. The van der Waals surface area contributed by atoms with E-state index in [1.807, 2.05) is 0 Å². The van der Waals surface area contributed by atoms with Crippen LogP contribution in [0.2, 0.25) is 0 Å². The molecule has 2 unspecified atom stereocenters. The smallest absolute Gasteiger partial charge is 0.419 e. The number of rotatable bonds is 2. The fourth-order valence-corrected chi connectivity index (χ4v) is 0.533. The topological polar surface area (TPSA) is 72.5 Å². The molecule has 4 nitrogen and oxygen atoms in total. The first kappa shape index (κ1) is 15.9. The Morgan fingerprint density at radius 1 is 1.50 bits per heavy atom. The Balaban J connectivity index is 0. The van der Waals surface area contributed by atoms with Crippen molar-refractivity contribution in [2.75, 3.05) is 7.11 Å². The maximum absolute atomic E-state index is 12.0. The van der Waals surface area contributed by atoms with E-state index in [0.29, 0.717) is 6.92 Å². The molecule has 0 aromatic rings. The molecular formula is C6H11ClF3NO3. The summed E-state index contributed by atoms with van der Waals surface area (Å²) in [4.78, 5) is 10.6. The van der Waals surface area contributed by atoms with Crippen molar-refractivity contribution in [1.29, 1.82) is 0 Å². The van der Waals surface area contributed by atoms with Crippen LogP contribution in [-0.4, -0.2) is 36.0 Å². The van der Waals surface area contributed by atoms with Crippen LogP contribution >= 0.6 is 12.4 Å². The fraction of sp³-hybridized carbons (Fsp3) is 0.833. The molecule has 0 spiro atoms. The van der Waals surface area contributed by atoms with Gasteiger partial charge in [0.15, 0.2) is 5.60 Å². The predicted molar refractivity (Wildman–Crippen MR) is 43.9 cm³/mol. The van der Waals surface area contributed by atoms with Gasteiger partial charge in [-0.1, -0.05) is 0 Å². The minimum atomic E-state index is -4.97. The predicted octanol–water partition coefficient (Wildman–Crippen LogP) is 0.222. The van der Waals surface area contributed by atoms with Crippen LogP contribution in [0.1, 0.15) is 6.92 Å². The lowest BCUT2D eigenvalue weighted by Crippen LogP contribution is -2.59. The number of methoxy groups -OCH3 is 1. The zero-order chi connectivity index (χ0) is 10.9. The second-order valence-corrected chi connectivity index (χ2v) is 2.65. The third-order valence-corrected chi connectivity index (χ3v) is 1.63. The van der Waals surface area contributed by atoms with Crippen LogP contribution in [0.15, 0.2) is 0 Å². The van der Waals surface area contributed by atoms with Crippen LogP contribution < -0.4 is 5.73 Å². The van der Waals surface area contributed by atoms with Crippen LogP contribution in [0.3, 0.4) is 0 Å². The molecule has 0 saturated heterocycles. The molecule has 14 heavy (non-hydrogen) atoms. The van der Waals surface area contributed by atoms with Crippen molar-refractivity contribution in [1.82, 2.24) is 0 Å². The number of hydrogen-bond acceptors (Lipinski definition) is 4. The third kappa shape index (κ3) is 3.00. The molecule has 0 aliphatic heterocycles. The van der Waals surface area contributed by atoms with Gasteiger partial charge >= 0.3 is 12.1 Å². The molecule has 0 amide bonds. The Hall–Kier alpha value is -0.530. The quantitative estimate of drug-likeness (QED) is 0.674. The van der Waals surface area contributed by atoms with Crippen molar-refractivity contribution in [3.05, 3.63) is 0 Å². The second kappa shape index (κ2) is 4.81. The van der Waals surface area contributed by atoms with Crippen LogP contribution in [0, 0.1) is 0 Å². The highest BCUT2D eigenvalue weighted by atomic mass is 35.5. The second-order valence-electron chi connectivity index (χ2n) is 2.65.